The van der Waals surface area contributed by atoms with Gasteiger partial charge in [0.25, 0.3) is 0 Å². The monoisotopic (exact) mass is 324 g/mol. The summed E-state index contributed by atoms with van der Waals surface area (Å²) in [4.78, 5) is 0. The Kier molecular flexibility index (Phi) is 3.87. The summed E-state index contributed by atoms with van der Waals surface area (Å²) in [6.07, 6.45) is 0. The van der Waals surface area contributed by atoms with Gasteiger partial charge in [-0.3, -0.25) is 5.84 Å². The lowest BCUT2D eigenvalue weighted by molar-refractivity contribution is 0.475. The molecule has 3 N–H and O–H groups in total. The fourth-order valence-electron chi connectivity index (χ4n) is 2.22. The fraction of sp³-hybridized carbons (Fsp3) is 0.0667. The Morgan fingerprint density at radius 1 is 1.10 bits per heavy atom. The second-order valence-electron chi connectivity index (χ2n) is 4.58. The average molecular weight is 325 g/mol. The van der Waals surface area contributed by atoms with Crippen LogP contribution in [0.1, 0.15) is 17.4 Å². The van der Waals surface area contributed by atoms with Gasteiger partial charge in [-0.2, -0.15) is 0 Å². The zero-order chi connectivity index (χ0) is 15.0. The highest BCUT2D eigenvalue weighted by Gasteiger charge is 2.19. The number of furan rings is 1. The number of halogens is 3. The number of hydrogen-bond acceptors (Lipinski definition) is 3. The van der Waals surface area contributed by atoms with E-state index in [1.165, 1.54) is 12.1 Å². The van der Waals surface area contributed by atoms with E-state index in [0.29, 0.717) is 21.9 Å². The molecule has 6 heteroatoms. The average Bonchev–Trinajstić information content (AvgIpc) is 2.89. The molecule has 3 nitrogen and oxygen atoms in total. The summed E-state index contributed by atoms with van der Waals surface area (Å²) in [7, 11) is 0. The highest BCUT2D eigenvalue weighted by Crippen LogP contribution is 2.32. The van der Waals surface area contributed by atoms with Gasteiger partial charge in [-0.25, -0.2) is 9.82 Å². The van der Waals surface area contributed by atoms with Crippen molar-refractivity contribution in [2.75, 3.05) is 0 Å². The van der Waals surface area contributed by atoms with Gasteiger partial charge >= 0.3 is 0 Å². The molecule has 3 rings (SSSR count). The first-order chi connectivity index (χ1) is 10.1. The molecular formula is C15H11Cl2FN2O. The Bertz CT molecular complexity index is 803. The van der Waals surface area contributed by atoms with Crippen molar-refractivity contribution in [2.45, 2.75) is 6.04 Å². The maximum Gasteiger partial charge on any atom is 0.152 e. The standard InChI is InChI=1S/C15H11Cl2FN2O/c16-10-5-4-8(6-12(10)18)14(20-19)13-7-9-2-1-3-11(17)15(9)21-13/h1-7,14,20H,19H2. The second-order valence-corrected chi connectivity index (χ2v) is 5.39. The zero-order valence-corrected chi connectivity index (χ0v) is 12.3. The highest BCUT2D eigenvalue weighted by atomic mass is 35.5. The highest BCUT2D eigenvalue weighted by molar-refractivity contribution is 6.34. The molecule has 1 heterocycles. The first kappa shape index (κ1) is 14.4. The van der Waals surface area contributed by atoms with Crippen LogP contribution in [0.2, 0.25) is 10.0 Å². The molecule has 3 aromatic rings. The number of fused-ring (bicyclic) bond motifs is 1. The minimum atomic E-state index is -0.511. The predicted molar refractivity (Wildman–Crippen MR) is 81.8 cm³/mol. The van der Waals surface area contributed by atoms with Crippen LogP contribution in [-0.4, -0.2) is 0 Å². The molecule has 0 fully saturated rings. The molecule has 108 valence electrons. The third-order valence-corrected chi connectivity index (χ3v) is 3.85. The Hall–Kier alpha value is -1.59. The smallest absolute Gasteiger partial charge is 0.152 e. The third kappa shape index (κ3) is 2.63. The van der Waals surface area contributed by atoms with E-state index in [1.807, 2.05) is 18.2 Å². The Morgan fingerprint density at radius 2 is 1.90 bits per heavy atom. The number of rotatable bonds is 3. The van der Waals surface area contributed by atoms with Gasteiger partial charge in [0.05, 0.1) is 10.0 Å². The van der Waals surface area contributed by atoms with Crippen molar-refractivity contribution < 1.29 is 8.81 Å². The molecule has 0 saturated carbocycles. The predicted octanol–water partition coefficient (Wildman–Crippen LogP) is 4.43. The van der Waals surface area contributed by atoms with Gasteiger partial charge in [-0.1, -0.05) is 41.4 Å². The van der Waals surface area contributed by atoms with Crippen LogP contribution in [0.25, 0.3) is 11.0 Å². The molecule has 1 atom stereocenters. The van der Waals surface area contributed by atoms with Gasteiger partial charge in [0.1, 0.15) is 17.6 Å². The van der Waals surface area contributed by atoms with Crippen molar-refractivity contribution in [3.63, 3.8) is 0 Å². The van der Waals surface area contributed by atoms with Crippen molar-refractivity contribution >= 4 is 34.2 Å². The zero-order valence-electron chi connectivity index (χ0n) is 10.7. The van der Waals surface area contributed by atoms with E-state index in [-0.39, 0.29) is 5.02 Å². The van der Waals surface area contributed by atoms with Gasteiger partial charge in [0.2, 0.25) is 0 Å². The maximum absolute atomic E-state index is 13.6. The van der Waals surface area contributed by atoms with E-state index >= 15 is 0 Å². The molecule has 0 spiro atoms. The maximum atomic E-state index is 13.6. The van der Waals surface area contributed by atoms with Crippen molar-refractivity contribution in [1.29, 1.82) is 0 Å². The minimum Gasteiger partial charge on any atom is -0.457 e. The molecule has 21 heavy (non-hydrogen) atoms. The van der Waals surface area contributed by atoms with Gasteiger partial charge < -0.3 is 4.42 Å². The number of nitrogens with one attached hydrogen (secondary N) is 1. The molecule has 1 aromatic heterocycles. The van der Waals surface area contributed by atoms with Crippen LogP contribution in [0, 0.1) is 5.82 Å². The first-order valence-electron chi connectivity index (χ1n) is 6.19. The number of nitrogens with two attached hydrogens (primary N) is 1. The van der Waals surface area contributed by atoms with Crippen molar-refractivity contribution in [3.8, 4) is 0 Å². The molecule has 0 saturated heterocycles. The SMILES string of the molecule is NNC(c1ccc(Cl)c(F)c1)c1cc2cccc(Cl)c2o1. The Balaban J connectivity index is 2.09. The summed E-state index contributed by atoms with van der Waals surface area (Å²) in [5.41, 5.74) is 3.79. The molecule has 0 aliphatic heterocycles. The number of hydrazine groups is 1. The van der Waals surface area contributed by atoms with Crippen LogP contribution >= 0.6 is 23.2 Å². The normalized spacial score (nSPS) is 12.8. The largest absolute Gasteiger partial charge is 0.457 e. The molecule has 0 amide bonds. The van der Waals surface area contributed by atoms with E-state index in [4.69, 9.17) is 33.5 Å². The Morgan fingerprint density at radius 3 is 2.57 bits per heavy atom. The quantitative estimate of drug-likeness (QED) is 0.553. The molecule has 0 radical (unpaired) electrons. The summed E-state index contributed by atoms with van der Waals surface area (Å²) < 4.78 is 19.4. The molecule has 2 aromatic carbocycles. The van der Waals surface area contributed by atoms with E-state index < -0.39 is 11.9 Å². The molecule has 0 aliphatic rings. The molecular weight excluding hydrogens is 314 g/mol. The van der Waals surface area contributed by atoms with Gasteiger partial charge in [0.15, 0.2) is 5.58 Å². The molecule has 0 aliphatic carbocycles. The van der Waals surface area contributed by atoms with Crippen LogP contribution in [0.15, 0.2) is 46.9 Å². The van der Waals surface area contributed by atoms with Crippen LogP contribution in [0.3, 0.4) is 0 Å². The lowest BCUT2D eigenvalue weighted by Crippen LogP contribution is -2.28. The van der Waals surface area contributed by atoms with Gasteiger partial charge in [-0.15, -0.1) is 0 Å². The summed E-state index contributed by atoms with van der Waals surface area (Å²) in [6.45, 7) is 0. The van der Waals surface area contributed by atoms with Crippen LogP contribution in [0.5, 0.6) is 0 Å². The lowest BCUT2D eigenvalue weighted by Gasteiger charge is -2.14. The second kappa shape index (κ2) is 5.66. The van der Waals surface area contributed by atoms with Gasteiger partial charge in [0, 0.05) is 5.39 Å². The van der Waals surface area contributed by atoms with Crippen molar-refractivity contribution in [1.82, 2.24) is 5.43 Å². The number of hydrogen-bond donors (Lipinski definition) is 2. The number of benzene rings is 2. The topological polar surface area (TPSA) is 51.2 Å². The van der Waals surface area contributed by atoms with E-state index in [2.05, 4.69) is 5.43 Å². The van der Waals surface area contributed by atoms with Gasteiger partial charge in [-0.05, 0) is 29.8 Å². The van der Waals surface area contributed by atoms with E-state index in [0.717, 1.165) is 5.39 Å². The summed E-state index contributed by atoms with van der Waals surface area (Å²) >= 11 is 11.8. The third-order valence-electron chi connectivity index (χ3n) is 3.24. The van der Waals surface area contributed by atoms with Crippen LogP contribution < -0.4 is 11.3 Å². The molecule has 0 bridgehead atoms. The summed E-state index contributed by atoms with van der Waals surface area (Å²) in [5.74, 6) is 5.62. The molecule has 1 unspecified atom stereocenters. The van der Waals surface area contributed by atoms with Crippen LogP contribution in [-0.2, 0) is 0 Å². The summed E-state index contributed by atoms with van der Waals surface area (Å²) in [5, 5.41) is 1.42. The van der Waals surface area contributed by atoms with E-state index in [1.54, 1.807) is 12.1 Å². The fourth-order valence-corrected chi connectivity index (χ4v) is 2.56. The van der Waals surface area contributed by atoms with Crippen molar-refractivity contribution in [2.24, 2.45) is 5.84 Å². The van der Waals surface area contributed by atoms with Crippen LogP contribution in [0.4, 0.5) is 4.39 Å². The summed E-state index contributed by atoms with van der Waals surface area (Å²) in [6, 6.07) is 11.3. The van der Waals surface area contributed by atoms with Crippen molar-refractivity contribution in [3.05, 3.63) is 69.7 Å². The van der Waals surface area contributed by atoms with E-state index in [9.17, 15) is 4.39 Å². The lowest BCUT2D eigenvalue weighted by atomic mass is 10.0. The first-order valence-corrected chi connectivity index (χ1v) is 6.95. The Labute approximate surface area is 130 Å². The number of para-hydroxylation sites is 1. The minimum absolute atomic E-state index is 0.0576.